The molecule has 0 saturated heterocycles. The van der Waals surface area contributed by atoms with Crippen molar-refractivity contribution in [3.05, 3.63) is 21.9 Å². The van der Waals surface area contributed by atoms with Crippen LogP contribution in [0.4, 0.5) is 0 Å². The number of hydrogen-bond donors (Lipinski definition) is 1. The standard InChI is InChI=1S/C12H19NS/c1-9-5-11(8-14-9)6-10-3-2-4-12(13)7-10/h5,8,10,12H,2-4,6-7,13H2,1H3. The summed E-state index contributed by atoms with van der Waals surface area (Å²) in [5.74, 6) is 0.841. The van der Waals surface area contributed by atoms with Crippen LogP contribution in [0.2, 0.25) is 0 Å². The van der Waals surface area contributed by atoms with Crippen LogP contribution in [0.15, 0.2) is 11.4 Å². The fourth-order valence-electron chi connectivity index (χ4n) is 2.46. The molecule has 1 nitrogen and oxygen atoms in total. The second kappa shape index (κ2) is 4.45. The van der Waals surface area contributed by atoms with E-state index in [1.807, 2.05) is 11.3 Å². The average Bonchev–Trinajstić information content (AvgIpc) is 2.51. The number of hydrogen-bond acceptors (Lipinski definition) is 2. The van der Waals surface area contributed by atoms with Crippen LogP contribution in [0.5, 0.6) is 0 Å². The molecule has 0 amide bonds. The molecule has 0 aliphatic heterocycles. The third-order valence-corrected chi connectivity index (χ3v) is 4.04. The van der Waals surface area contributed by atoms with Crippen LogP contribution < -0.4 is 5.73 Å². The maximum Gasteiger partial charge on any atom is 0.00415 e. The van der Waals surface area contributed by atoms with E-state index in [0.717, 1.165) is 5.92 Å². The number of thiophene rings is 1. The van der Waals surface area contributed by atoms with Gasteiger partial charge >= 0.3 is 0 Å². The number of nitrogens with two attached hydrogens (primary N) is 1. The molecule has 1 fully saturated rings. The molecule has 14 heavy (non-hydrogen) atoms. The zero-order chi connectivity index (χ0) is 9.97. The van der Waals surface area contributed by atoms with E-state index in [9.17, 15) is 0 Å². The highest BCUT2D eigenvalue weighted by molar-refractivity contribution is 7.10. The molecule has 1 aromatic heterocycles. The summed E-state index contributed by atoms with van der Waals surface area (Å²) in [4.78, 5) is 1.43. The first-order valence-electron chi connectivity index (χ1n) is 5.53. The Kier molecular flexibility index (Phi) is 3.24. The molecule has 1 aromatic rings. The summed E-state index contributed by atoms with van der Waals surface area (Å²) in [6.07, 6.45) is 6.42. The van der Waals surface area contributed by atoms with Crippen molar-refractivity contribution in [1.29, 1.82) is 0 Å². The van der Waals surface area contributed by atoms with Crippen LogP contribution in [-0.4, -0.2) is 6.04 Å². The van der Waals surface area contributed by atoms with Crippen LogP contribution in [0, 0.1) is 12.8 Å². The van der Waals surface area contributed by atoms with Gasteiger partial charge in [-0.1, -0.05) is 12.8 Å². The predicted molar refractivity (Wildman–Crippen MR) is 62.7 cm³/mol. The molecular weight excluding hydrogens is 190 g/mol. The lowest BCUT2D eigenvalue weighted by molar-refractivity contribution is 0.321. The molecular formula is C12H19NS. The van der Waals surface area contributed by atoms with Gasteiger partial charge in [-0.3, -0.25) is 0 Å². The number of rotatable bonds is 2. The minimum atomic E-state index is 0.466. The van der Waals surface area contributed by atoms with Crippen molar-refractivity contribution in [3.8, 4) is 0 Å². The largest absolute Gasteiger partial charge is 0.328 e. The van der Waals surface area contributed by atoms with Gasteiger partial charge in [-0.15, -0.1) is 11.3 Å². The SMILES string of the molecule is Cc1cc(CC2CCCC(N)C2)cs1. The Balaban J connectivity index is 1.90. The average molecular weight is 209 g/mol. The highest BCUT2D eigenvalue weighted by Crippen LogP contribution is 2.27. The molecule has 1 heterocycles. The van der Waals surface area contributed by atoms with Crippen molar-refractivity contribution < 1.29 is 0 Å². The first-order valence-corrected chi connectivity index (χ1v) is 6.41. The highest BCUT2D eigenvalue weighted by atomic mass is 32.1. The van der Waals surface area contributed by atoms with E-state index in [1.54, 1.807) is 0 Å². The van der Waals surface area contributed by atoms with E-state index in [4.69, 9.17) is 5.73 Å². The van der Waals surface area contributed by atoms with E-state index in [2.05, 4.69) is 18.4 Å². The van der Waals surface area contributed by atoms with Crippen LogP contribution in [0.3, 0.4) is 0 Å². The van der Waals surface area contributed by atoms with Crippen molar-refractivity contribution in [2.45, 2.75) is 45.1 Å². The molecule has 0 aromatic carbocycles. The van der Waals surface area contributed by atoms with E-state index in [1.165, 1.54) is 42.5 Å². The van der Waals surface area contributed by atoms with E-state index >= 15 is 0 Å². The van der Waals surface area contributed by atoms with Crippen molar-refractivity contribution in [2.75, 3.05) is 0 Å². The maximum absolute atomic E-state index is 5.99. The van der Waals surface area contributed by atoms with E-state index in [0.29, 0.717) is 6.04 Å². The second-order valence-electron chi connectivity index (χ2n) is 4.56. The quantitative estimate of drug-likeness (QED) is 0.795. The normalized spacial score (nSPS) is 27.9. The zero-order valence-electron chi connectivity index (χ0n) is 8.83. The summed E-state index contributed by atoms with van der Waals surface area (Å²) in [7, 11) is 0. The summed E-state index contributed by atoms with van der Waals surface area (Å²) in [5.41, 5.74) is 7.51. The maximum atomic E-state index is 5.99. The molecule has 2 unspecified atom stereocenters. The van der Waals surface area contributed by atoms with Crippen molar-refractivity contribution in [3.63, 3.8) is 0 Å². The Morgan fingerprint density at radius 3 is 3.00 bits per heavy atom. The van der Waals surface area contributed by atoms with Gasteiger partial charge in [0, 0.05) is 10.9 Å². The molecule has 2 heteroatoms. The Bertz CT molecular complexity index is 292. The third-order valence-electron chi connectivity index (χ3n) is 3.13. The third kappa shape index (κ3) is 2.58. The number of aryl methyl sites for hydroxylation is 1. The van der Waals surface area contributed by atoms with Crippen molar-refractivity contribution >= 4 is 11.3 Å². The van der Waals surface area contributed by atoms with Gasteiger partial charge in [-0.05, 0) is 49.1 Å². The first kappa shape index (κ1) is 10.2. The Morgan fingerprint density at radius 1 is 1.50 bits per heavy atom. The monoisotopic (exact) mass is 209 g/mol. The fourth-order valence-corrected chi connectivity index (χ4v) is 3.18. The summed E-state index contributed by atoms with van der Waals surface area (Å²) in [5, 5.41) is 2.30. The van der Waals surface area contributed by atoms with Crippen molar-refractivity contribution in [1.82, 2.24) is 0 Å². The first-order chi connectivity index (χ1) is 6.74. The summed E-state index contributed by atoms with van der Waals surface area (Å²) >= 11 is 1.86. The van der Waals surface area contributed by atoms with Gasteiger partial charge in [0.25, 0.3) is 0 Å². The molecule has 78 valence electrons. The topological polar surface area (TPSA) is 26.0 Å². The molecule has 2 rings (SSSR count). The second-order valence-corrected chi connectivity index (χ2v) is 5.68. The molecule has 1 aliphatic rings. The lowest BCUT2D eigenvalue weighted by Crippen LogP contribution is -2.28. The Hall–Kier alpha value is -0.340. The van der Waals surface area contributed by atoms with Gasteiger partial charge in [-0.2, -0.15) is 0 Å². The van der Waals surface area contributed by atoms with Gasteiger partial charge in [0.05, 0.1) is 0 Å². The Labute approximate surface area is 90.3 Å². The van der Waals surface area contributed by atoms with Crippen molar-refractivity contribution in [2.24, 2.45) is 11.7 Å². The smallest absolute Gasteiger partial charge is 0.00415 e. The van der Waals surface area contributed by atoms with Crippen LogP contribution in [0.25, 0.3) is 0 Å². The van der Waals surface area contributed by atoms with Gasteiger partial charge in [0.15, 0.2) is 0 Å². The molecule has 0 radical (unpaired) electrons. The predicted octanol–water partition coefficient (Wildman–Crippen LogP) is 3.12. The lowest BCUT2D eigenvalue weighted by atomic mass is 9.83. The van der Waals surface area contributed by atoms with Gasteiger partial charge in [0.2, 0.25) is 0 Å². The fraction of sp³-hybridized carbons (Fsp3) is 0.667. The minimum Gasteiger partial charge on any atom is -0.328 e. The van der Waals surface area contributed by atoms with Crippen LogP contribution >= 0.6 is 11.3 Å². The molecule has 1 aliphatic carbocycles. The van der Waals surface area contributed by atoms with E-state index in [-0.39, 0.29) is 0 Å². The summed E-state index contributed by atoms with van der Waals surface area (Å²) in [6, 6.07) is 2.79. The molecule has 0 spiro atoms. The van der Waals surface area contributed by atoms with Crippen LogP contribution in [-0.2, 0) is 6.42 Å². The molecule has 2 atom stereocenters. The highest BCUT2D eigenvalue weighted by Gasteiger charge is 2.19. The Morgan fingerprint density at radius 2 is 2.36 bits per heavy atom. The van der Waals surface area contributed by atoms with Gasteiger partial charge in [-0.25, -0.2) is 0 Å². The molecule has 0 bridgehead atoms. The van der Waals surface area contributed by atoms with Crippen LogP contribution in [0.1, 0.15) is 36.1 Å². The summed E-state index contributed by atoms with van der Waals surface area (Å²) < 4.78 is 0. The lowest BCUT2D eigenvalue weighted by Gasteiger charge is -2.26. The molecule has 2 N–H and O–H groups in total. The van der Waals surface area contributed by atoms with Gasteiger partial charge < -0.3 is 5.73 Å². The van der Waals surface area contributed by atoms with Gasteiger partial charge in [0.1, 0.15) is 0 Å². The minimum absolute atomic E-state index is 0.466. The zero-order valence-corrected chi connectivity index (χ0v) is 9.65. The van der Waals surface area contributed by atoms with E-state index < -0.39 is 0 Å². The molecule has 1 saturated carbocycles. The summed E-state index contributed by atoms with van der Waals surface area (Å²) in [6.45, 7) is 2.18.